The van der Waals surface area contributed by atoms with E-state index in [0.717, 1.165) is 22.2 Å². The summed E-state index contributed by atoms with van der Waals surface area (Å²) in [6.45, 7) is 1.89. The van der Waals surface area contributed by atoms with E-state index in [0.29, 0.717) is 17.6 Å². The lowest BCUT2D eigenvalue weighted by Gasteiger charge is -2.08. The van der Waals surface area contributed by atoms with E-state index < -0.39 is 0 Å². The maximum atomic E-state index is 5.79. The summed E-state index contributed by atoms with van der Waals surface area (Å²) in [5.41, 5.74) is 2.60. The third-order valence-corrected chi connectivity index (χ3v) is 3.30. The molecule has 5 heteroatoms. The fourth-order valence-corrected chi connectivity index (χ4v) is 2.18. The summed E-state index contributed by atoms with van der Waals surface area (Å²) in [5.74, 6) is 1.08. The number of hydrogen-bond acceptors (Lipinski definition) is 4. The zero-order valence-corrected chi connectivity index (χ0v) is 11.6. The van der Waals surface area contributed by atoms with Gasteiger partial charge >= 0.3 is 6.01 Å². The third-order valence-electron chi connectivity index (χ3n) is 3.01. The largest absolute Gasteiger partial charge is 0.424 e. The summed E-state index contributed by atoms with van der Waals surface area (Å²) in [5, 5.41) is 0.928. The van der Waals surface area contributed by atoms with Crippen LogP contribution in [0, 0.1) is 6.92 Å². The topological polar surface area (TPSA) is 47.9 Å². The second kappa shape index (κ2) is 5.43. The molecule has 0 saturated carbocycles. The Kier molecular flexibility index (Phi) is 3.48. The van der Waals surface area contributed by atoms with Crippen LogP contribution in [0.5, 0.6) is 11.8 Å². The molecular weight excluding hydrogens is 274 g/mol. The molecule has 0 saturated heterocycles. The molecule has 0 amide bonds. The molecule has 0 atom stereocenters. The van der Waals surface area contributed by atoms with Crippen molar-refractivity contribution >= 4 is 22.5 Å². The molecule has 100 valence electrons. The summed E-state index contributed by atoms with van der Waals surface area (Å²) in [7, 11) is 0. The van der Waals surface area contributed by atoms with E-state index in [2.05, 4.69) is 15.0 Å². The predicted molar refractivity (Wildman–Crippen MR) is 78.1 cm³/mol. The van der Waals surface area contributed by atoms with Gasteiger partial charge in [0.15, 0.2) is 0 Å². The average molecular weight is 286 g/mol. The zero-order chi connectivity index (χ0) is 13.9. The van der Waals surface area contributed by atoms with Crippen molar-refractivity contribution < 1.29 is 4.74 Å². The SMILES string of the molecule is Cc1nc(Oc2cccc3ncccc23)ncc1CCl. The highest BCUT2D eigenvalue weighted by Gasteiger charge is 2.07. The minimum Gasteiger partial charge on any atom is -0.424 e. The number of alkyl halides is 1. The zero-order valence-electron chi connectivity index (χ0n) is 10.9. The van der Waals surface area contributed by atoms with Crippen molar-refractivity contribution in [3.63, 3.8) is 0 Å². The van der Waals surface area contributed by atoms with Crippen LogP contribution in [0.15, 0.2) is 42.7 Å². The van der Waals surface area contributed by atoms with Gasteiger partial charge in [-0.25, -0.2) is 4.98 Å². The number of rotatable bonds is 3. The molecule has 0 radical (unpaired) electrons. The molecule has 4 nitrogen and oxygen atoms in total. The Morgan fingerprint density at radius 1 is 1.15 bits per heavy atom. The van der Waals surface area contributed by atoms with E-state index in [1.165, 1.54) is 0 Å². The van der Waals surface area contributed by atoms with Crippen LogP contribution in [0.1, 0.15) is 11.3 Å². The van der Waals surface area contributed by atoms with Crippen LogP contribution in [-0.2, 0) is 5.88 Å². The Morgan fingerprint density at radius 2 is 2.05 bits per heavy atom. The normalized spacial score (nSPS) is 10.7. The number of hydrogen-bond donors (Lipinski definition) is 0. The molecule has 0 fully saturated rings. The summed E-state index contributed by atoms with van der Waals surface area (Å²) in [4.78, 5) is 12.8. The molecular formula is C15H12ClN3O. The van der Waals surface area contributed by atoms with Gasteiger partial charge in [-0.3, -0.25) is 4.98 Å². The first kappa shape index (κ1) is 12.8. The van der Waals surface area contributed by atoms with Crippen LogP contribution < -0.4 is 4.74 Å². The fourth-order valence-electron chi connectivity index (χ4n) is 1.91. The van der Waals surface area contributed by atoms with Gasteiger partial charge in [0.25, 0.3) is 0 Å². The summed E-state index contributed by atoms with van der Waals surface area (Å²) in [6.07, 6.45) is 3.44. The van der Waals surface area contributed by atoms with E-state index in [1.807, 2.05) is 37.3 Å². The van der Waals surface area contributed by atoms with Crippen LogP contribution in [0.25, 0.3) is 10.9 Å². The van der Waals surface area contributed by atoms with E-state index in [-0.39, 0.29) is 0 Å². The van der Waals surface area contributed by atoms with E-state index in [1.54, 1.807) is 12.4 Å². The van der Waals surface area contributed by atoms with Gasteiger partial charge in [0.05, 0.1) is 11.4 Å². The lowest BCUT2D eigenvalue weighted by molar-refractivity contribution is 0.444. The van der Waals surface area contributed by atoms with E-state index in [9.17, 15) is 0 Å². The van der Waals surface area contributed by atoms with Gasteiger partial charge in [0, 0.05) is 29.0 Å². The summed E-state index contributed by atoms with van der Waals surface area (Å²) in [6, 6.07) is 9.84. The molecule has 0 aliphatic heterocycles. The molecule has 0 unspecified atom stereocenters. The highest BCUT2D eigenvalue weighted by atomic mass is 35.5. The van der Waals surface area contributed by atoms with Crippen molar-refractivity contribution in [2.75, 3.05) is 0 Å². The quantitative estimate of drug-likeness (QED) is 0.686. The van der Waals surface area contributed by atoms with Crippen LogP contribution >= 0.6 is 11.6 Å². The molecule has 1 aromatic carbocycles. The number of halogens is 1. The Balaban J connectivity index is 1.99. The fraction of sp³-hybridized carbons (Fsp3) is 0.133. The van der Waals surface area contributed by atoms with Crippen molar-refractivity contribution in [2.24, 2.45) is 0 Å². The molecule has 2 heterocycles. The van der Waals surface area contributed by atoms with Gasteiger partial charge in [-0.15, -0.1) is 11.6 Å². The number of aryl methyl sites for hydroxylation is 1. The Bertz CT molecular complexity index is 756. The van der Waals surface area contributed by atoms with Crippen molar-refractivity contribution in [3.8, 4) is 11.8 Å². The molecule has 2 aromatic heterocycles. The van der Waals surface area contributed by atoms with Crippen molar-refractivity contribution in [3.05, 3.63) is 54.0 Å². The number of ether oxygens (including phenoxy) is 1. The van der Waals surface area contributed by atoms with Gasteiger partial charge in [0.2, 0.25) is 0 Å². The lowest BCUT2D eigenvalue weighted by atomic mass is 10.2. The molecule has 3 aromatic rings. The van der Waals surface area contributed by atoms with Gasteiger partial charge in [-0.1, -0.05) is 6.07 Å². The first-order chi connectivity index (χ1) is 9.78. The maximum absolute atomic E-state index is 5.79. The smallest absolute Gasteiger partial charge is 0.322 e. The Labute approximate surface area is 121 Å². The van der Waals surface area contributed by atoms with Gasteiger partial charge in [0.1, 0.15) is 5.75 Å². The summed E-state index contributed by atoms with van der Waals surface area (Å²) < 4.78 is 5.77. The van der Waals surface area contributed by atoms with Gasteiger partial charge < -0.3 is 4.74 Å². The second-order valence-electron chi connectivity index (χ2n) is 4.33. The second-order valence-corrected chi connectivity index (χ2v) is 4.59. The molecule has 0 N–H and O–H groups in total. The van der Waals surface area contributed by atoms with Crippen LogP contribution in [0.3, 0.4) is 0 Å². The minimum atomic E-state index is 0.313. The van der Waals surface area contributed by atoms with Crippen LogP contribution in [-0.4, -0.2) is 15.0 Å². The van der Waals surface area contributed by atoms with Gasteiger partial charge in [-0.05, 0) is 31.2 Å². The van der Waals surface area contributed by atoms with Crippen LogP contribution in [0.2, 0.25) is 0 Å². The first-order valence-electron chi connectivity index (χ1n) is 6.18. The molecule has 20 heavy (non-hydrogen) atoms. The molecule has 0 aliphatic carbocycles. The number of nitrogens with zero attached hydrogens (tertiary/aromatic N) is 3. The van der Waals surface area contributed by atoms with E-state index >= 15 is 0 Å². The highest BCUT2D eigenvalue weighted by Crippen LogP contribution is 2.27. The molecule has 0 bridgehead atoms. The number of pyridine rings is 1. The predicted octanol–water partition coefficient (Wildman–Crippen LogP) is 3.86. The lowest BCUT2D eigenvalue weighted by Crippen LogP contribution is -1.97. The van der Waals surface area contributed by atoms with Crippen molar-refractivity contribution in [2.45, 2.75) is 12.8 Å². The van der Waals surface area contributed by atoms with Crippen molar-refractivity contribution in [1.29, 1.82) is 0 Å². The Hall–Kier alpha value is -2.20. The summed E-state index contributed by atoms with van der Waals surface area (Å²) >= 11 is 5.79. The molecule has 0 aliphatic rings. The van der Waals surface area contributed by atoms with Crippen LogP contribution in [0.4, 0.5) is 0 Å². The minimum absolute atomic E-state index is 0.313. The highest BCUT2D eigenvalue weighted by molar-refractivity contribution is 6.17. The molecule has 0 spiro atoms. The number of fused-ring (bicyclic) bond motifs is 1. The van der Waals surface area contributed by atoms with E-state index in [4.69, 9.17) is 16.3 Å². The first-order valence-corrected chi connectivity index (χ1v) is 6.71. The number of benzene rings is 1. The van der Waals surface area contributed by atoms with Gasteiger partial charge in [-0.2, -0.15) is 4.98 Å². The average Bonchev–Trinajstić information content (AvgIpc) is 2.48. The Morgan fingerprint density at radius 3 is 2.85 bits per heavy atom. The monoisotopic (exact) mass is 285 g/mol. The van der Waals surface area contributed by atoms with Crippen molar-refractivity contribution in [1.82, 2.24) is 15.0 Å². The number of aromatic nitrogens is 3. The maximum Gasteiger partial charge on any atom is 0.322 e. The third kappa shape index (κ3) is 2.42. The standard InChI is InChI=1S/C15H12ClN3O/c1-10-11(8-16)9-18-15(19-10)20-14-6-2-5-13-12(14)4-3-7-17-13/h2-7,9H,8H2,1H3. The molecule has 3 rings (SSSR count).